The van der Waals surface area contributed by atoms with Crippen LogP contribution in [0.15, 0.2) is 4.99 Å². The smallest absolute Gasteiger partial charge is 0.404 e. The third-order valence-corrected chi connectivity index (χ3v) is 1.56. The molecule has 86 valence electrons. The van der Waals surface area contributed by atoms with Gasteiger partial charge in [-0.25, -0.2) is 9.79 Å². The summed E-state index contributed by atoms with van der Waals surface area (Å²) >= 11 is 4.90. The topological polar surface area (TPSA) is 77.0 Å². The van der Waals surface area contributed by atoms with Crippen molar-refractivity contribution in [3.63, 3.8) is 0 Å². The average Bonchev–Trinajstić information content (AvgIpc) is 2.13. The molecular formula is C8H16N4O2S. The van der Waals surface area contributed by atoms with E-state index in [9.17, 15) is 4.79 Å². The van der Waals surface area contributed by atoms with Crippen LogP contribution < -0.4 is 10.6 Å². The Kier molecular flexibility index (Phi) is 7.25. The highest BCUT2D eigenvalue weighted by Gasteiger charge is 1.94. The molecule has 0 spiro atoms. The van der Waals surface area contributed by atoms with Crippen LogP contribution in [0.4, 0.5) is 4.79 Å². The van der Waals surface area contributed by atoms with Crippen LogP contribution in [0.1, 0.15) is 6.42 Å². The zero-order chi connectivity index (χ0) is 11.7. The Hall–Kier alpha value is -1.37. The van der Waals surface area contributed by atoms with Gasteiger partial charge in [-0.2, -0.15) is 0 Å². The number of hydrogen-bond acceptors (Lipinski definition) is 2. The molecule has 6 nitrogen and oxygen atoms in total. The van der Waals surface area contributed by atoms with Gasteiger partial charge in [0.15, 0.2) is 5.11 Å². The number of rotatable bonds is 5. The van der Waals surface area contributed by atoms with Gasteiger partial charge in [-0.05, 0) is 18.6 Å². The first-order valence-electron chi connectivity index (χ1n) is 4.47. The van der Waals surface area contributed by atoms with Gasteiger partial charge in [0.25, 0.3) is 0 Å². The van der Waals surface area contributed by atoms with E-state index in [1.807, 2.05) is 14.1 Å². The third-order valence-electron chi connectivity index (χ3n) is 1.31. The maximum absolute atomic E-state index is 10.1. The highest BCUT2D eigenvalue weighted by atomic mass is 32.1. The standard InChI is InChI=1S/C8H16N4O2S/c1-12(2)6-11-7(15)9-4-3-5-10-8(13)14/h6,10H,3-5H2,1-2H3,(H,9,15)(H,13,14). The Labute approximate surface area is 94.4 Å². The monoisotopic (exact) mass is 232 g/mol. The van der Waals surface area contributed by atoms with E-state index in [-0.39, 0.29) is 0 Å². The summed E-state index contributed by atoms with van der Waals surface area (Å²) in [6.45, 7) is 1.01. The average molecular weight is 232 g/mol. The molecule has 0 fully saturated rings. The molecule has 0 saturated heterocycles. The number of carbonyl (C=O) groups is 1. The van der Waals surface area contributed by atoms with Crippen LogP contribution in [0.2, 0.25) is 0 Å². The highest BCUT2D eigenvalue weighted by Crippen LogP contribution is 1.79. The van der Waals surface area contributed by atoms with E-state index in [2.05, 4.69) is 15.6 Å². The first-order valence-corrected chi connectivity index (χ1v) is 4.88. The van der Waals surface area contributed by atoms with Crippen molar-refractivity contribution >= 4 is 29.8 Å². The Morgan fingerprint density at radius 2 is 2.07 bits per heavy atom. The maximum Gasteiger partial charge on any atom is 0.404 e. The third kappa shape index (κ3) is 10.6. The van der Waals surface area contributed by atoms with Gasteiger partial charge in [-0.15, -0.1) is 0 Å². The van der Waals surface area contributed by atoms with Crippen molar-refractivity contribution in [2.24, 2.45) is 4.99 Å². The van der Waals surface area contributed by atoms with E-state index in [0.29, 0.717) is 24.6 Å². The minimum atomic E-state index is -1.01. The summed E-state index contributed by atoms with van der Waals surface area (Å²) in [6.07, 6.45) is 1.26. The number of nitrogens with zero attached hydrogens (tertiary/aromatic N) is 2. The molecule has 7 heteroatoms. The number of thiocarbonyl (C=S) groups is 1. The molecule has 0 aromatic carbocycles. The van der Waals surface area contributed by atoms with E-state index in [1.54, 1.807) is 11.2 Å². The number of aliphatic imine (C=N–C) groups is 1. The Morgan fingerprint density at radius 1 is 1.47 bits per heavy atom. The number of hydrogen-bond donors (Lipinski definition) is 3. The molecule has 0 aliphatic rings. The van der Waals surface area contributed by atoms with Crippen molar-refractivity contribution in [3.8, 4) is 0 Å². The lowest BCUT2D eigenvalue weighted by Crippen LogP contribution is -2.27. The molecule has 0 rings (SSSR count). The summed E-state index contributed by atoms with van der Waals surface area (Å²) in [5, 5.41) is 13.8. The van der Waals surface area contributed by atoms with Crippen LogP contribution in [0.25, 0.3) is 0 Å². The summed E-state index contributed by atoms with van der Waals surface area (Å²) in [7, 11) is 3.70. The van der Waals surface area contributed by atoms with Crippen molar-refractivity contribution < 1.29 is 9.90 Å². The highest BCUT2D eigenvalue weighted by molar-refractivity contribution is 7.80. The molecule has 1 amide bonds. The lowest BCUT2D eigenvalue weighted by Gasteiger charge is -2.05. The Bertz CT molecular complexity index is 243. The second-order valence-corrected chi connectivity index (χ2v) is 3.41. The Morgan fingerprint density at radius 3 is 2.60 bits per heavy atom. The number of amides is 1. The molecule has 0 saturated carbocycles. The number of nitrogens with one attached hydrogen (secondary N) is 2. The SMILES string of the molecule is CN(C)C=NC(=S)NCCCNC(=O)O. The van der Waals surface area contributed by atoms with Crippen molar-refractivity contribution in [1.29, 1.82) is 0 Å². The summed E-state index contributed by atoms with van der Waals surface area (Å²) in [5.41, 5.74) is 0. The van der Waals surface area contributed by atoms with Gasteiger partial charge in [-0.3, -0.25) is 0 Å². The zero-order valence-corrected chi connectivity index (χ0v) is 9.67. The van der Waals surface area contributed by atoms with Crippen LogP contribution in [0.3, 0.4) is 0 Å². The van der Waals surface area contributed by atoms with Gasteiger partial charge >= 0.3 is 6.09 Å². The van der Waals surface area contributed by atoms with Crippen LogP contribution >= 0.6 is 12.2 Å². The zero-order valence-electron chi connectivity index (χ0n) is 8.86. The molecule has 0 unspecified atom stereocenters. The van der Waals surface area contributed by atoms with Crippen LogP contribution in [0.5, 0.6) is 0 Å². The van der Waals surface area contributed by atoms with Crippen LogP contribution in [-0.4, -0.2) is 54.7 Å². The second-order valence-electron chi connectivity index (χ2n) is 3.03. The molecule has 0 aliphatic carbocycles. The molecule has 0 aromatic rings. The van der Waals surface area contributed by atoms with Gasteiger partial charge in [0.05, 0.1) is 6.34 Å². The largest absolute Gasteiger partial charge is 0.465 e. The number of carboxylic acid groups (broad SMARTS) is 1. The first-order chi connectivity index (χ1) is 7.02. The first kappa shape index (κ1) is 13.6. The van der Waals surface area contributed by atoms with Crippen LogP contribution in [-0.2, 0) is 0 Å². The van der Waals surface area contributed by atoms with Crippen molar-refractivity contribution in [3.05, 3.63) is 0 Å². The fraction of sp³-hybridized carbons (Fsp3) is 0.625. The summed E-state index contributed by atoms with van der Waals surface area (Å²) in [6, 6.07) is 0. The van der Waals surface area contributed by atoms with E-state index in [0.717, 1.165) is 0 Å². The van der Waals surface area contributed by atoms with Gasteiger partial charge < -0.3 is 20.6 Å². The van der Waals surface area contributed by atoms with Gasteiger partial charge in [0, 0.05) is 27.2 Å². The second kappa shape index (κ2) is 7.98. The molecule has 0 radical (unpaired) electrons. The minimum Gasteiger partial charge on any atom is -0.465 e. The molecule has 0 bridgehead atoms. The van der Waals surface area contributed by atoms with Gasteiger partial charge in [0.1, 0.15) is 0 Å². The maximum atomic E-state index is 10.1. The predicted molar refractivity (Wildman–Crippen MR) is 63.4 cm³/mol. The van der Waals surface area contributed by atoms with E-state index < -0.39 is 6.09 Å². The molecule has 3 N–H and O–H groups in total. The van der Waals surface area contributed by atoms with Crippen molar-refractivity contribution in [2.75, 3.05) is 27.2 Å². The molecular weight excluding hydrogens is 216 g/mol. The molecule has 0 heterocycles. The van der Waals surface area contributed by atoms with Gasteiger partial charge in [-0.1, -0.05) is 0 Å². The van der Waals surface area contributed by atoms with Gasteiger partial charge in [0.2, 0.25) is 0 Å². The minimum absolute atomic E-state index is 0.402. The summed E-state index contributed by atoms with van der Waals surface area (Å²) in [4.78, 5) is 15.8. The molecule has 15 heavy (non-hydrogen) atoms. The van der Waals surface area contributed by atoms with E-state index in [1.165, 1.54) is 0 Å². The van der Waals surface area contributed by atoms with E-state index >= 15 is 0 Å². The molecule has 0 atom stereocenters. The quantitative estimate of drug-likeness (QED) is 0.271. The molecule has 0 aromatic heterocycles. The lowest BCUT2D eigenvalue weighted by atomic mass is 10.4. The predicted octanol–water partition coefficient (Wildman–Crippen LogP) is 0.109. The Balaban J connectivity index is 3.43. The fourth-order valence-electron chi connectivity index (χ4n) is 0.693. The summed E-state index contributed by atoms with van der Waals surface area (Å²) in [5.74, 6) is 0. The normalized spacial score (nSPS) is 10.0. The van der Waals surface area contributed by atoms with Crippen molar-refractivity contribution in [2.45, 2.75) is 6.42 Å². The fourth-order valence-corrected chi connectivity index (χ4v) is 0.842. The van der Waals surface area contributed by atoms with E-state index in [4.69, 9.17) is 17.3 Å². The van der Waals surface area contributed by atoms with Crippen LogP contribution in [0, 0.1) is 0 Å². The summed E-state index contributed by atoms with van der Waals surface area (Å²) < 4.78 is 0. The van der Waals surface area contributed by atoms with Crippen molar-refractivity contribution in [1.82, 2.24) is 15.5 Å². The lowest BCUT2D eigenvalue weighted by molar-refractivity contribution is 0.194. The molecule has 0 aliphatic heterocycles.